The van der Waals surface area contributed by atoms with Crippen molar-refractivity contribution in [2.75, 3.05) is 37.7 Å². The number of fused-ring (bicyclic) bond motifs is 5. The number of alkyl halides is 1. The highest BCUT2D eigenvalue weighted by molar-refractivity contribution is 6.04. The fraction of sp³-hybridized carbons (Fsp3) is 0.412. The molecule has 0 aliphatic carbocycles. The summed E-state index contributed by atoms with van der Waals surface area (Å²) >= 11 is 0. The van der Waals surface area contributed by atoms with Crippen LogP contribution in [-0.2, 0) is 0 Å². The lowest BCUT2D eigenvalue weighted by atomic mass is 9.93. The van der Waals surface area contributed by atoms with E-state index in [4.69, 9.17) is 21.1 Å². The lowest BCUT2D eigenvalue weighted by Crippen LogP contribution is -2.51. The van der Waals surface area contributed by atoms with E-state index in [9.17, 15) is 13.9 Å². The maximum Gasteiger partial charge on any atom is 0.319 e. The molecule has 4 aromatic rings. The van der Waals surface area contributed by atoms with E-state index in [-0.39, 0.29) is 40.6 Å². The van der Waals surface area contributed by atoms with Gasteiger partial charge in [0.25, 0.3) is 0 Å². The van der Waals surface area contributed by atoms with Gasteiger partial charge in [-0.05, 0) is 73.5 Å². The van der Waals surface area contributed by atoms with E-state index < -0.39 is 17.8 Å². The molecule has 0 saturated carbocycles. The molecule has 5 heterocycles. The van der Waals surface area contributed by atoms with Crippen molar-refractivity contribution < 1.29 is 23.0 Å². The number of nitrogens with one attached hydrogen (secondary N) is 1. The van der Waals surface area contributed by atoms with Crippen LogP contribution in [0.25, 0.3) is 32.8 Å². The second kappa shape index (κ2) is 10.2. The van der Waals surface area contributed by atoms with Gasteiger partial charge in [0.2, 0.25) is 0 Å². The third kappa shape index (κ3) is 4.44. The van der Waals surface area contributed by atoms with Crippen molar-refractivity contribution in [2.24, 2.45) is 0 Å². The minimum atomic E-state index is -0.885. The highest BCUT2D eigenvalue weighted by Crippen LogP contribution is 2.42. The van der Waals surface area contributed by atoms with Gasteiger partial charge < -0.3 is 20.1 Å². The zero-order valence-electron chi connectivity index (χ0n) is 24.1. The third-order valence-electron chi connectivity index (χ3n) is 9.98. The van der Waals surface area contributed by atoms with Crippen LogP contribution in [0.4, 0.5) is 19.0 Å². The number of terminal acetylenes is 1. The average Bonchev–Trinajstić information content (AvgIpc) is 3.65. The molecule has 2 bridgehead atoms. The standard InChI is InChI=1S/C34H32F3N5O2/c1-2-24-28(36)7-4-19-10-23(43)11-26(31(19)24)25-13-30-27(12-29(25)37)32(41-16-21-5-6-22(17-41)38-21)40-33(39-30)44-18-34-8-3-9-42(34)15-20(35)14-34/h1,4,7,10-13,20-22,38,43H,3,5-6,8-9,14-18H2/t20-,21-,22+,34+/m1/s1. The quantitative estimate of drug-likeness (QED) is 0.301. The van der Waals surface area contributed by atoms with E-state index in [0.717, 1.165) is 32.2 Å². The number of aromatic nitrogens is 2. The normalized spacial score (nSPS) is 26.4. The number of nitrogens with zero attached hydrogens (tertiary/aromatic N) is 4. The first-order chi connectivity index (χ1) is 21.3. The van der Waals surface area contributed by atoms with Gasteiger partial charge in [0, 0.05) is 54.5 Å². The number of piperazine rings is 1. The van der Waals surface area contributed by atoms with Crippen LogP contribution in [0.15, 0.2) is 36.4 Å². The Balaban J connectivity index is 1.27. The number of rotatable bonds is 5. The van der Waals surface area contributed by atoms with Crippen LogP contribution < -0.4 is 15.0 Å². The fourth-order valence-corrected chi connectivity index (χ4v) is 8.02. The summed E-state index contributed by atoms with van der Waals surface area (Å²) in [5.41, 5.74) is 0.431. The van der Waals surface area contributed by atoms with Crippen LogP contribution in [0, 0.1) is 24.0 Å². The molecule has 7 nitrogen and oxygen atoms in total. The number of hydrogen-bond donors (Lipinski definition) is 2. The predicted molar refractivity (Wildman–Crippen MR) is 163 cm³/mol. The van der Waals surface area contributed by atoms with Crippen molar-refractivity contribution in [1.29, 1.82) is 0 Å². The van der Waals surface area contributed by atoms with Crippen molar-refractivity contribution in [3.05, 3.63) is 53.6 Å². The fourth-order valence-electron chi connectivity index (χ4n) is 8.02. The first-order valence-corrected chi connectivity index (χ1v) is 15.3. The van der Waals surface area contributed by atoms with E-state index in [0.29, 0.717) is 65.6 Å². The number of ether oxygens (including phenoxy) is 1. The van der Waals surface area contributed by atoms with Crippen LogP contribution in [-0.4, -0.2) is 76.6 Å². The Morgan fingerprint density at radius 1 is 1.05 bits per heavy atom. The SMILES string of the molecule is C#Cc1c(F)ccc2cc(O)cc(-c3cc4nc(OC[C@@]56CCCN5C[C@H](F)C6)nc(N5C[C@H]6CC[C@@H](C5)N6)c4cc3F)c12. The second-order valence-corrected chi connectivity index (χ2v) is 12.7. The van der Waals surface area contributed by atoms with Crippen molar-refractivity contribution in [2.45, 2.75) is 55.9 Å². The van der Waals surface area contributed by atoms with Crippen molar-refractivity contribution in [1.82, 2.24) is 20.2 Å². The van der Waals surface area contributed by atoms with E-state index in [1.807, 2.05) is 0 Å². The summed E-state index contributed by atoms with van der Waals surface area (Å²) in [4.78, 5) is 13.9. The van der Waals surface area contributed by atoms with Gasteiger partial charge in [0.15, 0.2) is 0 Å². The van der Waals surface area contributed by atoms with Gasteiger partial charge in [-0.1, -0.05) is 12.0 Å². The molecule has 4 atom stereocenters. The molecule has 8 rings (SSSR count). The average molecular weight is 600 g/mol. The van der Waals surface area contributed by atoms with Gasteiger partial charge in [-0.25, -0.2) is 13.2 Å². The molecule has 0 amide bonds. The van der Waals surface area contributed by atoms with E-state index >= 15 is 4.39 Å². The molecular weight excluding hydrogens is 567 g/mol. The largest absolute Gasteiger partial charge is 0.508 e. The van der Waals surface area contributed by atoms with Gasteiger partial charge in [-0.2, -0.15) is 9.97 Å². The summed E-state index contributed by atoms with van der Waals surface area (Å²) in [5, 5.41) is 15.5. The Labute approximate surface area is 253 Å². The zero-order chi connectivity index (χ0) is 30.2. The Bertz CT molecular complexity index is 1850. The van der Waals surface area contributed by atoms with Gasteiger partial charge in [-0.15, -0.1) is 6.42 Å². The summed E-state index contributed by atoms with van der Waals surface area (Å²) < 4.78 is 51.7. The van der Waals surface area contributed by atoms with E-state index in [1.165, 1.54) is 30.3 Å². The molecule has 4 fully saturated rings. The topological polar surface area (TPSA) is 73.8 Å². The molecule has 226 valence electrons. The highest BCUT2D eigenvalue weighted by Gasteiger charge is 2.49. The molecular formula is C34H32F3N5O2. The molecule has 10 heteroatoms. The minimum Gasteiger partial charge on any atom is -0.508 e. The van der Waals surface area contributed by atoms with E-state index in [2.05, 4.69) is 21.0 Å². The number of phenols is 1. The number of halogens is 3. The maximum absolute atomic E-state index is 16.2. The summed E-state index contributed by atoms with van der Waals surface area (Å²) in [6.45, 7) is 2.96. The number of hydrogen-bond acceptors (Lipinski definition) is 7. The van der Waals surface area contributed by atoms with Gasteiger partial charge in [0.05, 0.1) is 16.6 Å². The zero-order valence-corrected chi connectivity index (χ0v) is 24.1. The molecule has 0 unspecified atom stereocenters. The molecule has 2 N–H and O–H groups in total. The van der Waals surface area contributed by atoms with Gasteiger partial charge in [-0.3, -0.25) is 4.90 Å². The molecule has 4 saturated heterocycles. The molecule has 4 aliphatic rings. The number of aromatic hydroxyl groups is 1. The Kier molecular flexibility index (Phi) is 6.40. The molecule has 4 aliphatic heterocycles. The van der Waals surface area contributed by atoms with Crippen LogP contribution in [0.3, 0.4) is 0 Å². The molecule has 0 radical (unpaired) electrons. The van der Waals surface area contributed by atoms with E-state index in [1.54, 1.807) is 6.07 Å². The summed E-state index contributed by atoms with van der Waals surface area (Å²) in [6.07, 6.45) is 9.19. The first-order valence-electron chi connectivity index (χ1n) is 15.3. The lowest BCUT2D eigenvalue weighted by molar-refractivity contribution is 0.107. The van der Waals surface area contributed by atoms with Gasteiger partial charge in [0.1, 0.15) is 36.0 Å². The summed E-state index contributed by atoms with van der Waals surface area (Å²) in [5.74, 6) is 1.69. The lowest BCUT2D eigenvalue weighted by Gasteiger charge is -2.34. The van der Waals surface area contributed by atoms with Crippen LogP contribution in [0.2, 0.25) is 0 Å². The molecule has 44 heavy (non-hydrogen) atoms. The minimum absolute atomic E-state index is 0.0104. The Morgan fingerprint density at radius 2 is 1.86 bits per heavy atom. The van der Waals surface area contributed by atoms with Crippen LogP contribution in [0.1, 0.15) is 37.7 Å². The summed E-state index contributed by atoms with van der Waals surface area (Å²) in [6, 6.07) is 9.38. The number of benzene rings is 3. The van der Waals surface area contributed by atoms with Crippen molar-refractivity contribution in [3.8, 4) is 35.2 Å². The van der Waals surface area contributed by atoms with Crippen molar-refractivity contribution in [3.63, 3.8) is 0 Å². The van der Waals surface area contributed by atoms with Crippen molar-refractivity contribution >= 4 is 27.5 Å². The maximum atomic E-state index is 16.2. The first kappa shape index (κ1) is 27.5. The highest BCUT2D eigenvalue weighted by atomic mass is 19.1. The van der Waals surface area contributed by atoms with Gasteiger partial charge >= 0.3 is 6.01 Å². The Hall–Kier alpha value is -4.07. The molecule has 1 aromatic heterocycles. The number of anilines is 1. The molecule has 3 aromatic carbocycles. The third-order valence-corrected chi connectivity index (χ3v) is 9.98. The summed E-state index contributed by atoms with van der Waals surface area (Å²) in [7, 11) is 0. The predicted octanol–water partition coefficient (Wildman–Crippen LogP) is 5.31. The van der Waals surface area contributed by atoms with Crippen LogP contribution >= 0.6 is 0 Å². The smallest absolute Gasteiger partial charge is 0.319 e. The second-order valence-electron chi connectivity index (χ2n) is 12.7. The monoisotopic (exact) mass is 599 g/mol. The Morgan fingerprint density at radius 3 is 2.66 bits per heavy atom. The molecule has 0 spiro atoms. The van der Waals surface area contributed by atoms with Crippen LogP contribution in [0.5, 0.6) is 11.8 Å². The number of phenolic OH excluding ortho intramolecular Hbond substituents is 1.